The van der Waals surface area contributed by atoms with Crippen LogP contribution in [0.15, 0.2) is 24.3 Å². The number of benzene rings is 1. The van der Waals surface area contributed by atoms with Crippen molar-refractivity contribution in [1.82, 2.24) is 0 Å². The molecule has 0 aliphatic carbocycles. The van der Waals surface area contributed by atoms with Crippen LogP contribution in [0.2, 0.25) is 0 Å². The molecule has 0 aromatic heterocycles. The summed E-state index contributed by atoms with van der Waals surface area (Å²) in [6, 6.07) is 7.45. The van der Waals surface area contributed by atoms with Gasteiger partial charge in [-0.25, -0.2) is 0 Å². The summed E-state index contributed by atoms with van der Waals surface area (Å²) in [6.45, 7) is 2.27. The molecule has 1 rings (SSSR count). The number of rotatable bonds is 13. The molecular formula is C20H33O. The van der Waals surface area contributed by atoms with Crippen LogP contribution in [0.3, 0.4) is 0 Å². The standard InChI is InChI=1S/C20H33O/c1-2-3-4-5-6-7-8-9-10-11-12-13-16-19-17-14-15-18-20(19)21/h14-15,17-18H,2-13,16H2,1H3. The lowest BCUT2D eigenvalue weighted by atomic mass is 10.0. The summed E-state index contributed by atoms with van der Waals surface area (Å²) in [5.74, 6) is 0.209. The molecule has 1 nitrogen and oxygen atoms in total. The summed E-state index contributed by atoms with van der Waals surface area (Å²) < 4.78 is 0. The zero-order valence-electron chi connectivity index (χ0n) is 13.9. The van der Waals surface area contributed by atoms with Gasteiger partial charge in [-0.2, -0.15) is 0 Å². The van der Waals surface area contributed by atoms with Gasteiger partial charge in [0.1, 0.15) is 0 Å². The monoisotopic (exact) mass is 289 g/mol. The van der Waals surface area contributed by atoms with E-state index in [2.05, 4.69) is 6.92 Å². The molecule has 0 saturated carbocycles. The lowest BCUT2D eigenvalue weighted by molar-refractivity contribution is 0.349. The first kappa shape index (κ1) is 18.1. The number of hydrogen-bond donors (Lipinski definition) is 0. The van der Waals surface area contributed by atoms with Gasteiger partial charge in [0.2, 0.25) is 0 Å². The second-order valence-corrected chi connectivity index (χ2v) is 6.25. The van der Waals surface area contributed by atoms with Crippen molar-refractivity contribution in [2.75, 3.05) is 0 Å². The Morgan fingerprint density at radius 1 is 0.667 bits per heavy atom. The number of aryl methyl sites for hydroxylation is 1. The molecule has 0 saturated heterocycles. The van der Waals surface area contributed by atoms with E-state index in [1.54, 1.807) is 6.07 Å². The topological polar surface area (TPSA) is 19.9 Å². The van der Waals surface area contributed by atoms with Crippen LogP contribution in [0.1, 0.15) is 89.5 Å². The minimum atomic E-state index is 0.209. The molecule has 21 heavy (non-hydrogen) atoms. The largest absolute Gasteiger partial charge is 0.290 e. The number of hydrogen-bond acceptors (Lipinski definition) is 0. The maximum atomic E-state index is 11.6. The molecule has 1 aromatic rings. The van der Waals surface area contributed by atoms with Gasteiger partial charge in [-0.1, -0.05) is 95.8 Å². The average molecular weight is 289 g/mol. The van der Waals surface area contributed by atoms with Crippen molar-refractivity contribution in [1.29, 1.82) is 0 Å². The highest BCUT2D eigenvalue weighted by molar-refractivity contribution is 5.31. The molecule has 0 bridgehead atoms. The summed E-state index contributed by atoms with van der Waals surface area (Å²) in [4.78, 5) is 0. The van der Waals surface area contributed by atoms with Crippen LogP contribution < -0.4 is 0 Å². The van der Waals surface area contributed by atoms with Gasteiger partial charge in [0, 0.05) is 0 Å². The predicted octanol–water partition coefficient (Wildman–Crippen LogP) is 7.07. The zero-order valence-corrected chi connectivity index (χ0v) is 13.9. The van der Waals surface area contributed by atoms with E-state index in [-0.39, 0.29) is 5.75 Å². The Morgan fingerprint density at radius 3 is 1.67 bits per heavy atom. The van der Waals surface area contributed by atoms with Gasteiger partial charge in [0.05, 0.1) is 0 Å². The van der Waals surface area contributed by atoms with Crippen molar-refractivity contribution in [3.63, 3.8) is 0 Å². The summed E-state index contributed by atoms with van der Waals surface area (Å²) in [7, 11) is 0. The fourth-order valence-corrected chi connectivity index (χ4v) is 2.87. The molecule has 0 N–H and O–H groups in total. The van der Waals surface area contributed by atoms with Gasteiger partial charge in [0.15, 0.2) is 5.75 Å². The third-order valence-electron chi connectivity index (χ3n) is 4.27. The van der Waals surface area contributed by atoms with E-state index in [1.807, 2.05) is 18.2 Å². The van der Waals surface area contributed by atoms with Crippen molar-refractivity contribution in [3.8, 4) is 5.75 Å². The molecule has 1 radical (unpaired) electrons. The van der Waals surface area contributed by atoms with Crippen molar-refractivity contribution < 1.29 is 5.11 Å². The van der Waals surface area contributed by atoms with Crippen LogP contribution in [-0.4, -0.2) is 0 Å². The smallest absolute Gasteiger partial charge is 0.181 e. The molecule has 0 spiro atoms. The van der Waals surface area contributed by atoms with Crippen molar-refractivity contribution in [2.24, 2.45) is 0 Å². The highest BCUT2D eigenvalue weighted by Crippen LogP contribution is 2.19. The third-order valence-corrected chi connectivity index (χ3v) is 4.27. The minimum Gasteiger partial charge on any atom is -0.290 e. The van der Waals surface area contributed by atoms with Gasteiger partial charge in [-0.3, -0.25) is 5.11 Å². The molecule has 1 aromatic carbocycles. The van der Waals surface area contributed by atoms with Gasteiger partial charge in [-0.15, -0.1) is 0 Å². The van der Waals surface area contributed by atoms with E-state index in [9.17, 15) is 5.11 Å². The van der Waals surface area contributed by atoms with Crippen LogP contribution in [0.25, 0.3) is 0 Å². The number of para-hydroxylation sites is 1. The third kappa shape index (κ3) is 9.55. The van der Waals surface area contributed by atoms with Crippen molar-refractivity contribution in [3.05, 3.63) is 29.8 Å². The van der Waals surface area contributed by atoms with Crippen LogP contribution in [-0.2, 0) is 11.5 Å². The predicted molar refractivity (Wildman–Crippen MR) is 91.4 cm³/mol. The van der Waals surface area contributed by atoms with Crippen LogP contribution in [0.5, 0.6) is 5.75 Å². The second kappa shape index (κ2) is 12.7. The van der Waals surface area contributed by atoms with Crippen LogP contribution in [0, 0.1) is 0 Å². The highest BCUT2D eigenvalue weighted by atomic mass is 16.3. The average Bonchev–Trinajstić information content (AvgIpc) is 2.50. The normalized spacial score (nSPS) is 10.9. The van der Waals surface area contributed by atoms with Gasteiger partial charge in [0.25, 0.3) is 0 Å². The first-order valence-electron chi connectivity index (χ1n) is 9.09. The Morgan fingerprint density at radius 2 is 1.14 bits per heavy atom. The van der Waals surface area contributed by atoms with E-state index in [0.29, 0.717) is 0 Å². The van der Waals surface area contributed by atoms with Crippen molar-refractivity contribution >= 4 is 0 Å². The molecule has 0 aliphatic rings. The fraction of sp³-hybridized carbons (Fsp3) is 0.700. The van der Waals surface area contributed by atoms with E-state index < -0.39 is 0 Å². The van der Waals surface area contributed by atoms with E-state index >= 15 is 0 Å². The molecule has 0 amide bonds. The molecule has 1 heteroatoms. The van der Waals surface area contributed by atoms with Crippen molar-refractivity contribution in [2.45, 2.75) is 90.4 Å². The first-order valence-corrected chi connectivity index (χ1v) is 9.09. The molecule has 0 unspecified atom stereocenters. The Bertz CT molecular complexity index is 345. The van der Waals surface area contributed by atoms with Crippen LogP contribution in [0.4, 0.5) is 0 Å². The molecule has 0 atom stereocenters. The Hall–Kier alpha value is -0.980. The molecular weight excluding hydrogens is 256 g/mol. The lowest BCUT2D eigenvalue weighted by Gasteiger charge is -2.04. The maximum Gasteiger partial charge on any atom is 0.181 e. The highest BCUT2D eigenvalue weighted by Gasteiger charge is 2.00. The quantitative estimate of drug-likeness (QED) is 0.346. The lowest BCUT2D eigenvalue weighted by Crippen LogP contribution is -1.87. The van der Waals surface area contributed by atoms with Gasteiger partial charge in [-0.05, 0) is 24.5 Å². The SMILES string of the molecule is CCCCCCCCCCCCCCc1ccccc1[O]. The first-order chi connectivity index (χ1) is 10.3. The Balaban J connectivity index is 1.84. The summed E-state index contributed by atoms with van der Waals surface area (Å²) in [5.41, 5.74) is 0.990. The van der Waals surface area contributed by atoms with Gasteiger partial charge < -0.3 is 0 Å². The Labute approximate surface area is 131 Å². The molecule has 0 heterocycles. The molecule has 0 fully saturated rings. The maximum absolute atomic E-state index is 11.6. The van der Waals surface area contributed by atoms with Crippen LogP contribution >= 0.6 is 0 Å². The van der Waals surface area contributed by atoms with E-state index in [1.165, 1.54) is 70.6 Å². The van der Waals surface area contributed by atoms with E-state index in [4.69, 9.17) is 0 Å². The zero-order chi connectivity index (χ0) is 15.2. The Kier molecular flexibility index (Phi) is 11.0. The number of unbranched alkanes of at least 4 members (excludes halogenated alkanes) is 11. The fourth-order valence-electron chi connectivity index (χ4n) is 2.87. The van der Waals surface area contributed by atoms with E-state index in [0.717, 1.165) is 18.4 Å². The molecule has 119 valence electrons. The van der Waals surface area contributed by atoms with Gasteiger partial charge >= 0.3 is 0 Å². The molecule has 0 aliphatic heterocycles. The summed E-state index contributed by atoms with van der Waals surface area (Å²) in [6.07, 6.45) is 17.4. The second-order valence-electron chi connectivity index (χ2n) is 6.25. The summed E-state index contributed by atoms with van der Waals surface area (Å²) >= 11 is 0. The minimum absolute atomic E-state index is 0.209. The summed E-state index contributed by atoms with van der Waals surface area (Å²) in [5, 5.41) is 11.6.